The van der Waals surface area contributed by atoms with Crippen LogP contribution >= 0.6 is 0 Å². The fourth-order valence-electron chi connectivity index (χ4n) is 2.43. The highest BCUT2D eigenvalue weighted by Gasteiger charge is 2.07. The number of aromatic nitrogens is 2. The molecule has 0 amide bonds. The average molecular weight is 372 g/mol. The molecule has 8 heteroatoms. The molecular formula is C19H18F2N4O2. The molecule has 0 radical (unpaired) electrons. The summed E-state index contributed by atoms with van der Waals surface area (Å²) in [6.07, 6.45) is 1.35. The van der Waals surface area contributed by atoms with Gasteiger partial charge in [-0.25, -0.2) is 18.7 Å². The van der Waals surface area contributed by atoms with Crippen molar-refractivity contribution in [2.45, 2.75) is 6.54 Å². The van der Waals surface area contributed by atoms with Gasteiger partial charge >= 0.3 is 0 Å². The molecule has 0 atom stereocenters. The lowest BCUT2D eigenvalue weighted by Crippen LogP contribution is -2.04. The molecule has 6 nitrogen and oxygen atoms in total. The van der Waals surface area contributed by atoms with E-state index in [2.05, 4.69) is 20.6 Å². The number of nitrogens with zero attached hydrogens (tertiary/aromatic N) is 2. The summed E-state index contributed by atoms with van der Waals surface area (Å²) in [5, 5.41) is 5.96. The van der Waals surface area contributed by atoms with E-state index in [9.17, 15) is 8.78 Å². The van der Waals surface area contributed by atoms with Crippen LogP contribution in [0.3, 0.4) is 0 Å². The Bertz CT molecular complexity index is 937. The van der Waals surface area contributed by atoms with Crippen LogP contribution in [0.25, 0.3) is 0 Å². The quantitative estimate of drug-likeness (QED) is 0.650. The maximum Gasteiger partial charge on any atom is 0.161 e. The SMILES string of the molecule is COc1ccc(CNc2cc(Nc3ccc(F)cc3F)ncn2)cc1OC. The smallest absolute Gasteiger partial charge is 0.161 e. The summed E-state index contributed by atoms with van der Waals surface area (Å²) in [6.45, 7) is 0.488. The van der Waals surface area contributed by atoms with Gasteiger partial charge in [0.1, 0.15) is 29.6 Å². The number of halogens is 2. The topological polar surface area (TPSA) is 68.3 Å². The number of benzene rings is 2. The van der Waals surface area contributed by atoms with Crippen LogP contribution in [0.4, 0.5) is 26.1 Å². The van der Waals surface area contributed by atoms with Gasteiger partial charge in [-0.3, -0.25) is 0 Å². The van der Waals surface area contributed by atoms with E-state index in [4.69, 9.17) is 9.47 Å². The molecule has 0 saturated heterocycles. The van der Waals surface area contributed by atoms with Crippen molar-refractivity contribution in [1.82, 2.24) is 9.97 Å². The zero-order valence-electron chi connectivity index (χ0n) is 14.8. The number of hydrogen-bond donors (Lipinski definition) is 2. The molecule has 140 valence electrons. The normalized spacial score (nSPS) is 10.4. The van der Waals surface area contributed by atoms with Gasteiger partial charge in [-0.1, -0.05) is 6.07 Å². The van der Waals surface area contributed by atoms with Crippen molar-refractivity contribution in [3.63, 3.8) is 0 Å². The number of nitrogens with one attached hydrogen (secondary N) is 2. The van der Waals surface area contributed by atoms with Crippen LogP contribution in [0, 0.1) is 11.6 Å². The Hall–Kier alpha value is -3.42. The number of hydrogen-bond acceptors (Lipinski definition) is 6. The molecule has 2 aromatic carbocycles. The van der Waals surface area contributed by atoms with E-state index >= 15 is 0 Å². The molecule has 1 heterocycles. The Labute approximate surface area is 155 Å². The van der Waals surface area contributed by atoms with Crippen molar-refractivity contribution in [2.75, 3.05) is 24.9 Å². The van der Waals surface area contributed by atoms with Gasteiger partial charge in [0.05, 0.1) is 19.9 Å². The molecule has 1 aromatic heterocycles. The molecule has 27 heavy (non-hydrogen) atoms. The molecule has 3 rings (SSSR count). The third kappa shape index (κ3) is 4.60. The molecule has 3 aromatic rings. The average Bonchev–Trinajstić information content (AvgIpc) is 2.68. The molecule has 0 spiro atoms. The van der Waals surface area contributed by atoms with Crippen molar-refractivity contribution in [2.24, 2.45) is 0 Å². The van der Waals surface area contributed by atoms with Crippen LogP contribution in [-0.4, -0.2) is 24.2 Å². The summed E-state index contributed by atoms with van der Waals surface area (Å²) >= 11 is 0. The zero-order valence-corrected chi connectivity index (χ0v) is 14.8. The molecule has 0 aliphatic carbocycles. The van der Waals surface area contributed by atoms with Crippen molar-refractivity contribution >= 4 is 17.3 Å². The summed E-state index contributed by atoms with van der Waals surface area (Å²) in [5.41, 5.74) is 1.09. The number of anilines is 3. The summed E-state index contributed by atoms with van der Waals surface area (Å²) in [4.78, 5) is 8.18. The zero-order chi connectivity index (χ0) is 19.2. The first-order valence-corrected chi connectivity index (χ1v) is 8.08. The molecular weight excluding hydrogens is 354 g/mol. The first-order chi connectivity index (χ1) is 13.1. The minimum Gasteiger partial charge on any atom is -0.493 e. The van der Waals surface area contributed by atoms with Gasteiger partial charge in [-0.05, 0) is 29.8 Å². The lowest BCUT2D eigenvalue weighted by molar-refractivity contribution is 0.354. The van der Waals surface area contributed by atoms with Gasteiger partial charge in [-0.15, -0.1) is 0 Å². The van der Waals surface area contributed by atoms with Crippen LogP contribution in [0.5, 0.6) is 11.5 Å². The maximum atomic E-state index is 13.8. The Morgan fingerprint density at radius 3 is 2.41 bits per heavy atom. The lowest BCUT2D eigenvalue weighted by Gasteiger charge is -2.11. The molecule has 2 N–H and O–H groups in total. The van der Waals surface area contributed by atoms with Crippen molar-refractivity contribution in [3.05, 3.63) is 66.0 Å². The minimum atomic E-state index is -0.701. The van der Waals surface area contributed by atoms with Gasteiger partial charge < -0.3 is 20.1 Å². The molecule has 0 unspecified atom stereocenters. The molecule has 0 aliphatic heterocycles. The van der Waals surface area contributed by atoms with Crippen molar-refractivity contribution in [3.8, 4) is 11.5 Å². The number of ether oxygens (including phenoxy) is 2. The summed E-state index contributed by atoms with van der Waals surface area (Å²) in [6, 6.07) is 10.5. The third-order valence-corrected chi connectivity index (χ3v) is 3.78. The van der Waals surface area contributed by atoms with Crippen LogP contribution in [0.1, 0.15) is 5.56 Å². The van der Waals surface area contributed by atoms with E-state index in [1.165, 1.54) is 18.5 Å². The van der Waals surface area contributed by atoms with Gasteiger partial charge in [0.2, 0.25) is 0 Å². The van der Waals surface area contributed by atoms with Gasteiger partial charge in [0, 0.05) is 18.7 Å². The molecule has 0 saturated carbocycles. The second kappa shape index (κ2) is 8.31. The van der Waals surface area contributed by atoms with E-state index in [0.29, 0.717) is 29.7 Å². The first kappa shape index (κ1) is 18.4. The van der Waals surface area contributed by atoms with Gasteiger partial charge in [0.15, 0.2) is 11.5 Å². The van der Waals surface area contributed by atoms with Crippen LogP contribution in [0.2, 0.25) is 0 Å². The van der Waals surface area contributed by atoms with Crippen LogP contribution < -0.4 is 20.1 Å². The number of methoxy groups -OCH3 is 2. The Morgan fingerprint density at radius 2 is 1.67 bits per heavy atom. The first-order valence-electron chi connectivity index (χ1n) is 8.08. The van der Waals surface area contributed by atoms with Crippen molar-refractivity contribution < 1.29 is 18.3 Å². The minimum absolute atomic E-state index is 0.126. The maximum absolute atomic E-state index is 13.8. The second-order valence-electron chi connectivity index (χ2n) is 5.58. The van der Waals surface area contributed by atoms with E-state index in [-0.39, 0.29) is 5.69 Å². The van der Waals surface area contributed by atoms with Gasteiger partial charge in [0.25, 0.3) is 0 Å². The highest BCUT2D eigenvalue weighted by atomic mass is 19.1. The second-order valence-corrected chi connectivity index (χ2v) is 5.58. The molecule has 0 fully saturated rings. The summed E-state index contributed by atoms with van der Waals surface area (Å²) in [5.74, 6) is 0.867. The largest absolute Gasteiger partial charge is 0.493 e. The summed E-state index contributed by atoms with van der Waals surface area (Å²) < 4.78 is 37.2. The third-order valence-electron chi connectivity index (χ3n) is 3.78. The molecule has 0 aliphatic rings. The predicted molar refractivity (Wildman–Crippen MR) is 98.5 cm³/mol. The monoisotopic (exact) mass is 372 g/mol. The lowest BCUT2D eigenvalue weighted by atomic mass is 10.2. The fourth-order valence-corrected chi connectivity index (χ4v) is 2.43. The Balaban J connectivity index is 1.69. The van der Waals surface area contributed by atoms with E-state index in [1.807, 2.05) is 18.2 Å². The van der Waals surface area contributed by atoms with Gasteiger partial charge in [-0.2, -0.15) is 0 Å². The van der Waals surface area contributed by atoms with Crippen LogP contribution in [0.15, 0.2) is 48.8 Å². The van der Waals surface area contributed by atoms with E-state index in [1.54, 1.807) is 20.3 Å². The highest BCUT2D eigenvalue weighted by Crippen LogP contribution is 2.28. The standard InChI is InChI=1S/C19H18F2N4O2/c1-26-16-6-3-12(7-17(16)27-2)10-22-18-9-19(24-11-23-18)25-15-5-4-13(20)8-14(15)21/h3-9,11H,10H2,1-2H3,(H2,22,23,24,25). The molecule has 0 bridgehead atoms. The highest BCUT2D eigenvalue weighted by molar-refractivity contribution is 5.59. The van der Waals surface area contributed by atoms with E-state index in [0.717, 1.165) is 11.6 Å². The Kier molecular flexibility index (Phi) is 5.65. The fraction of sp³-hybridized carbons (Fsp3) is 0.158. The van der Waals surface area contributed by atoms with E-state index < -0.39 is 11.6 Å². The Morgan fingerprint density at radius 1 is 0.889 bits per heavy atom. The van der Waals surface area contributed by atoms with Crippen LogP contribution in [-0.2, 0) is 6.54 Å². The number of rotatable bonds is 7. The summed E-state index contributed by atoms with van der Waals surface area (Å²) in [7, 11) is 3.15. The predicted octanol–water partition coefficient (Wildman–Crippen LogP) is 4.13. The van der Waals surface area contributed by atoms with Crippen molar-refractivity contribution in [1.29, 1.82) is 0 Å².